The van der Waals surface area contributed by atoms with Crippen LogP contribution in [0.4, 0.5) is 0 Å². The number of hydrogen-bond acceptors (Lipinski definition) is 3. The summed E-state index contributed by atoms with van der Waals surface area (Å²) < 4.78 is 0. The fourth-order valence-corrected chi connectivity index (χ4v) is 0.403. The molecular weight excluding hydrogens is 319 g/mol. The van der Waals surface area contributed by atoms with E-state index in [-0.39, 0.29) is 45.9 Å². The molecule has 1 rings (SSSR count). The van der Waals surface area contributed by atoms with Gasteiger partial charge in [-0.25, -0.2) is 14.4 Å². The monoisotopic (exact) mass is 328 g/mol. The maximum absolute atomic E-state index is 10.2. The van der Waals surface area contributed by atoms with Crippen molar-refractivity contribution >= 4 is 23.9 Å². The van der Waals surface area contributed by atoms with Crippen molar-refractivity contribution in [1.82, 2.24) is 15.0 Å². The number of hydrogen-bond donors (Lipinski definition) is 3. The third-order valence-electron chi connectivity index (χ3n) is 0.681. The fourth-order valence-electron chi connectivity index (χ4n) is 0.403. The average Bonchev–Trinajstić information content (AvgIpc) is 1.59. The molecule has 12 heavy (non-hydrogen) atoms. The van der Waals surface area contributed by atoms with E-state index in [0.29, 0.717) is 0 Å². The van der Waals surface area contributed by atoms with E-state index < -0.39 is 17.1 Å². The first kappa shape index (κ1) is 17.7. The normalized spacial score (nSPS) is 7.00. The molecule has 0 aliphatic carbocycles. The van der Waals surface area contributed by atoms with Gasteiger partial charge in [-0.2, -0.15) is 0 Å². The quantitative estimate of drug-likeness (QED) is 0.417. The van der Waals surface area contributed by atoms with E-state index in [9.17, 15) is 14.4 Å². The second-order valence-electron chi connectivity index (χ2n) is 1.36. The minimum absolute atomic E-state index is 0. The summed E-state index contributed by atoms with van der Waals surface area (Å²) in [4.78, 5) is 35.9. The van der Waals surface area contributed by atoms with E-state index in [4.69, 9.17) is 0 Å². The van der Waals surface area contributed by atoms with Gasteiger partial charge < -0.3 is 5.48 Å². The van der Waals surface area contributed by atoms with Crippen molar-refractivity contribution in [1.29, 1.82) is 0 Å². The Balaban J connectivity index is -0.000000270. The van der Waals surface area contributed by atoms with Gasteiger partial charge in [0.25, 0.3) is 0 Å². The summed E-state index contributed by atoms with van der Waals surface area (Å²) in [5, 5.41) is 0. The molecule has 0 saturated heterocycles. The van der Waals surface area contributed by atoms with E-state index >= 15 is 0 Å². The second-order valence-corrected chi connectivity index (χ2v) is 1.36. The zero-order valence-corrected chi connectivity index (χ0v) is 12.7. The maximum atomic E-state index is 10.2. The molecule has 0 saturated carbocycles. The Morgan fingerprint density at radius 2 is 0.917 bits per heavy atom. The van der Waals surface area contributed by atoms with Gasteiger partial charge in [0.2, 0.25) is 0 Å². The standard InChI is InChI=1S/C3H3N3O3.Ni.H2O.Sn.3H/c7-1-4-2(8)6-3(9)5-1;;;;;;/h(H3,4,5,6,7,8,9);;1H2;;;;. The molecule has 0 fully saturated rings. The van der Waals surface area contributed by atoms with Crippen LogP contribution >= 0.6 is 0 Å². The number of nitrogens with one attached hydrogen (secondary N) is 3. The molecule has 9 heteroatoms. The second kappa shape index (κ2) is 7.32. The summed E-state index contributed by atoms with van der Waals surface area (Å²) in [7, 11) is 0. The Hall–Kier alpha value is -0.338. The molecule has 0 atom stereocenters. The average molecular weight is 328 g/mol. The van der Waals surface area contributed by atoms with Crippen LogP contribution in [0.5, 0.6) is 0 Å². The summed E-state index contributed by atoms with van der Waals surface area (Å²) in [6.07, 6.45) is 0. The number of aromatic nitrogens is 3. The van der Waals surface area contributed by atoms with Crippen molar-refractivity contribution in [2.45, 2.75) is 0 Å². The van der Waals surface area contributed by atoms with Crippen molar-refractivity contribution in [2.75, 3.05) is 0 Å². The van der Waals surface area contributed by atoms with Crippen LogP contribution in [0.15, 0.2) is 14.4 Å². The van der Waals surface area contributed by atoms with Crippen LogP contribution in [0, 0.1) is 0 Å². The number of aromatic amines is 3. The van der Waals surface area contributed by atoms with Gasteiger partial charge in [0.1, 0.15) is 0 Å². The molecule has 0 amide bonds. The first-order valence-corrected chi connectivity index (χ1v) is 2.11. The van der Waals surface area contributed by atoms with Gasteiger partial charge in [-0.3, -0.25) is 15.0 Å². The molecule has 0 spiro atoms. The molecule has 0 aliphatic heterocycles. The fraction of sp³-hybridized carbons (Fsp3) is 0. The minimum atomic E-state index is -0.802. The van der Waals surface area contributed by atoms with Gasteiger partial charge in [-0.1, -0.05) is 0 Å². The molecule has 0 aromatic carbocycles. The molecule has 5 N–H and O–H groups in total. The first-order chi connectivity index (χ1) is 4.18. The van der Waals surface area contributed by atoms with Gasteiger partial charge in [0.15, 0.2) is 0 Å². The predicted molar refractivity (Wildman–Crippen MR) is 41.9 cm³/mol. The van der Waals surface area contributed by atoms with Crippen molar-refractivity contribution < 1.29 is 22.0 Å². The van der Waals surface area contributed by atoms with Crippen molar-refractivity contribution in [3.8, 4) is 0 Å². The molecule has 0 aliphatic rings. The summed E-state index contributed by atoms with van der Waals surface area (Å²) >= 11 is 0. The molecule has 0 bridgehead atoms. The number of rotatable bonds is 0. The SMILES string of the molecule is O.O=c1[nH]c(=O)[nH]c(=O)[nH]1.[Ni].[SnH3]. The topological polar surface area (TPSA) is 130 Å². The summed E-state index contributed by atoms with van der Waals surface area (Å²) in [5.41, 5.74) is -2.41. The van der Waals surface area contributed by atoms with Crippen LogP contribution < -0.4 is 17.1 Å². The third kappa shape index (κ3) is 5.33. The van der Waals surface area contributed by atoms with Crippen molar-refractivity contribution in [3.05, 3.63) is 31.5 Å². The molecule has 1 radical (unpaired) electrons. The van der Waals surface area contributed by atoms with Crippen LogP contribution in [-0.4, -0.2) is 44.3 Å². The third-order valence-corrected chi connectivity index (χ3v) is 0.681. The Kier molecular flexibility index (Phi) is 10.8. The van der Waals surface area contributed by atoms with Crippen molar-refractivity contribution in [2.24, 2.45) is 0 Å². The van der Waals surface area contributed by atoms with Crippen LogP contribution in [0.2, 0.25) is 0 Å². The zero-order chi connectivity index (χ0) is 6.85. The Labute approximate surface area is 92.2 Å². The van der Waals surface area contributed by atoms with E-state index in [2.05, 4.69) is 0 Å². The molecule has 0 unspecified atom stereocenters. The van der Waals surface area contributed by atoms with E-state index in [1.807, 2.05) is 0 Å². The Morgan fingerprint density at radius 1 is 0.750 bits per heavy atom. The first-order valence-electron chi connectivity index (χ1n) is 2.11. The predicted octanol–water partition coefficient (Wildman–Crippen LogP) is -4.26. The van der Waals surface area contributed by atoms with E-state index in [1.165, 1.54) is 0 Å². The van der Waals surface area contributed by atoms with Gasteiger partial charge in [0, 0.05) is 16.5 Å². The molecule has 1 heterocycles. The van der Waals surface area contributed by atoms with Crippen molar-refractivity contribution in [3.63, 3.8) is 0 Å². The van der Waals surface area contributed by atoms with Gasteiger partial charge in [-0.05, 0) is 0 Å². The molecular formula is C3H8N3NiO4Sn. The van der Waals surface area contributed by atoms with Crippen LogP contribution in [-0.2, 0) is 16.5 Å². The number of H-pyrrole nitrogens is 3. The van der Waals surface area contributed by atoms with Gasteiger partial charge in [0.05, 0.1) is 0 Å². The van der Waals surface area contributed by atoms with Crippen LogP contribution in [0.25, 0.3) is 0 Å². The van der Waals surface area contributed by atoms with E-state index in [0.717, 1.165) is 0 Å². The molecule has 1 aromatic rings. The van der Waals surface area contributed by atoms with E-state index in [1.54, 1.807) is 15.0 Å². The summed E-state index contributed by atoms with van der Waals surface area (Å²) in [6, 6.07) is 0. The molecule has 1 aromatic heterocycles. The van der Waals surface area contributed by atoms with Gasteiger partial charge in [-0.15, -0.1) is 0 Å². The zero-order valence-electron chi connectivity index (χ0n) is 6.04. The Bertz CT molecular complexity index is 288. The molecule has 73 valence electrons. The van der Waals surface area contributed by atoms with Crippen LogP contribution in [0.1, 0.15) is 0 Å². The summed E-state index contributed by atoms with van der Waals surface area (Å²) in [6.45, 7) is 0. The Morgan fingerprint density at radius 3 is 1.08 bits per heavy atom. The molecule has 7 nitrogen and oxygen atoms in total. The summed E-state index contributed by atoms with van der Waals surface area (Å²) in [5.74, 6) is 0. The van der Waals surface area contributed by atoms with Gasteiger partial charge >= 0.3 is 41.0 Å². The van der Waals surface area contributed by atoms with Crippen LogP contribution in [0.3, 0.4) is 0 Å².